The Labute approximate surface area is 171 Å². The van der Waals surface area contributed by atoms with Crippen LogP contribution in [-0.2, 0) is 19.1 Å². The second-order valence-electron chi connectivity index (χ2n) is 7.89. The van der Waals surface area contributed by atoms with Crippen molar-refractivity contribution in [1.82, 2.24) is 0 Å². The second kappa shape index (κ2) is 10.6. The number of anilines is 1. The number of hydrogen-bond acceptors (Lipinski definition) is 6. The van der Waals surface area contributed by atoms with Crippen LogP contribution in [0.3, 0.4) is 0 Å². The maximum Gasteiger partial charge on any atom is 0.344 e. The van der Waals surface area contributed by atoms with Gasteiger partial charge in [-0.05, 0) is 54.9 Å². The van der Waals surface area contributed by atoms with Gasteiger partial charge in [0.2, 0.25) is 5.91 Å². The molecule has 0 saturated heterocycles. The van der Waals surface area contributed by atoms with E-state index in [1.54, 1.807) is 6.07 Å². The molecule has 1 aliphatic rings. The Kier molecular flexibility index (Phi) is 8.20. The van der Waals surface area contributed by atoms with Crippen molar-refractivity contribution in [3.63, 3.8) is 0 Å². The summed E-state index contributed by atoms with van der Waals surface area (Å²) < 4.78 is 10.7. The summed E-state index contributed by atoms with van der Waals surface area (Å²) in [5.74, 6) is -0.345. The standard InChI is InChI=1S/C22H28N2O5/c1-14(2)18-9-4-15(3)12-19(18)29-21(26)13-28-22(27)16-5-7-17(8-6-16)24-20(25)10-11-23/h5-8,14-15,18-19H,4,9-10,12-13H2,1-3H3,(H,24,25)/t15-,18-,19+/m1/s1. The number of esters is 2. The molecule has 0 aromatic heterocycles. The summed E-state index contributed by atoms with van der Waals surface area (Å²) >= 11 is 0. The van der Waals surface area contributed by atoms with Crippen molar-refractivity contribution in [2.24, 2.45) is 17.8 Å². The van der Waals surface area contributed by atoms with Crippen molar-refractivity contribution in [2.75, 3.05) is 11.9 Å². The fourth-order valence-electron chi connectivity index (χ4n) is 3.63. The molecule has 29 heavy (non-hydrogen) atoms. The van der Waals surface area contributed by atoms with Gasteiger partial charge in [0.05, 0.1) is 11.6 Å². The highest BCUT2D eigenvalue weighted by molar-refractivity contribution is 5.94. The largest absolute Gasteiger partial charge is 0.460 e. The van der Waals surface area contributed by atoms with Gasteiger partial charge in [0, 0.05) is 5.69 Å². The molecule has 0 unspecified atom stereocenters. The summed E-state index contributed by atoms with van der Waals surface area (Å²) in [7, 11) is 0. The maximum absolute atomic E-state index is 12.2. The Balaban J connectivity index is 1.84. The lowest BCUT2D eigenvalue weighted by molar-refractivity contribution is -0.159. The zero-order valence-corrected chi connectivity index (χ0v) is 17.1. The van der Waals surface area contributed by atoms with Crippen LogP contribution in [0, 0.1) is 29.1 Å². The third-order valence-electron chi connectivity index (χ3n) is 5.21. The molecule has 0 heterocycles. The van der Waals surface area contributed by atoms with E-state index in [0.717, 1.165) is 19.3 Å². The Morgan fingerprint density at radius 1 is 1.21 bits per heavy atom. The molecule has 0 spiro atoms. The van der Waals surface area contributed by atoms with Crippen LogP contribution in [0.2, 0.25) is 0 Å². The summed E-state index contributed by atoms with van der Waals surface area (Å²) in [5, 5.41) is 11.0. The van der Waals surface area contributed by atoms with Crippen LogP contribution in [0.15, 0.2) is 24.3 Å². The quantitative estimate of drug-likeness (QED) is 0.700. The summed E-state index contributed by atoms with van der Waals surface area (Å²) in [6.07, 6.45) is 2.62. The van der Waals surface area contributed by atoms with Crippen molar-refractivity contribution in [3.8, 4) is 6.07 Å². The summed E-state index contributed by atoms with van der Waals surface area (Å²) in [6, 6.07) is 7.77. The van der Waals surface area contributed by atoms with Crippen molar-refractivity contribution in [2.45, 2.75) is 52.6 Å². The van der Waals surface area contributed by atoms with Gasteiger partial charge in [0.25, 0.3) is 0 Å². The SMILES string of the molecule is CC(C)[C@H]1CC[C@@H](C)C[C@@H]1OC(=O)COC(=O)c1ccc(NC(=O)CC#N)cc1. The Bertz CT molecular complexity index is 766. The molecule has 1 saturated carbocycles. The molecule has 0 radical (unpaired) electrons. The van der Waals surface area contributed by atoms with Crippen LogP contribution in [0.25, 0.3) is 0 Å². The third-order valence-corrected chi connectivity index (χ3v) is 5.21. The van der Waals surface area contributed by atoms with Crippen LogP contribution in [0.5, 0.6) is 0 Å². The maximum atomic E-state index is 12.2. The molecular formula is C22H28N2O5. The molecule has 1 amide bonds. The van der Waals surface area contributed by atoms with Gasteiger partial charge in [-0.2, -0.15) is 5.26 Å². The minimum atomic E-state index is -0.644. The number of amides is 1. The Hall–Kier alpha value is -2.88. The number of benzene rings is 1. The van der Waals surface area contributed by atoms with E-state index in [2.05, 4.69) is 26.1 Å². The van der Waals surface area contributed by atoms with Crippen LogP contribution in [0.1, 0.15) is 56.8 Å². The lowest BCUT2D eigenvalue weighted by atomic mass is 9.75. The highest BCUT2D eigenvalue weighted by atomic mass is 16.6. The molecule has 0 aliphatic heterocycles. The normalized spacial score (nSPS) is 21.1. The van der Waals surface area contributed by atoms with E-state index < -0.39 is 24.5 Å². The first-order valence-corrected chi connectivity index (χ1v) is 9.93. The van der Waals surface area contributed by atoms with E-state index in [9.17, 15) is 14.4 Å². The van der Waals surface area contributed by atoms with Gasteiger partial charge < -0.3 is 14.8 Å². The van der Waals surface area contributed by atoms with Crippen molar-refractivity contribution in [3.05, 3.63) is 29.8 Å². The average molecular weight is 400 g/mol. The lowest BCUT2D eigenvalue weighted by Gasteiger charge is -2.36. The van der Waals surface area contributed by atoms with Crippen LogP contribution < -0.4 is 5.32 Å². The van der Waals surface area contributed by atoms with E-state index in [1.165, 1.54) is 24.3 Å². The summed E-state index contributed by atoms with van der Waals surface area (Å²) in [6.45, 7) is 5.99. The third kappa shape index (κ3) is 6.90. The van der Waals surface area contributed by atoms with Gasteiger partial charge in [-0.15, -0.1) is 0 Å². The fourth-order valence-corrected chi connectivity index (χ4v) is 3.63. The predicted octanol–water partition coefficient (Wildman–Crippen LogP) is 3.70. The molecule has 156 valence electrons. The van der Waals surface area contributed by atoms with Gasteiger partial charge >= 0.3 is 11.9 Å². The number of rotatable bonds is 7. The first-order chi connectivity index (χ1) is 13.8. The molecule has 7 heteroatoms. The zero-order valence-electron chi connectivity index (χ0n) is 17.1. The number of carbonyl (C=O) groups excluding carboxylic acids is 3. The number of nitrogens with zero attached hydrogens (tertiary/aromatic N) is 1. The molecular weight excluding hydrogens is 372 g/mol. The molecule has 1 aliphatic carbocycles. The number of carbonyl (C=O) groups is 3. The molecule has 1 N–H and O–H groups in total. The smallest absolute Gasteiger partial charge is 0.344 e. The second-order valence-corrected chi connectivity index (χ2v) is 7.89. The molecule has 2 rings (SSSR count). The monoisotopic (exact) mass is 400 g/mol. The Morgan fingerprint density at radius 2 is 1.90 bits per heavy atom. The van der Waals surface area contributed by atoms with Gasteiger partial charge in [0.15, 0.2) is 6.61 Å². The van der Waals surface area contributed by atoms with Crippen molar-refractivity contribution < 1.29 is 23.9 Å². The number of hydrogen-bond donors (Lipinski definition) is 1. The fraction of sp³-hybridized carbons (Fsp3) is 0.545. The van der Waals surface area contributed by atoms with E-state index in [0.29, 0.717) is 23.4 Å². The van der Waals surface area contributed by atoms with Crippen molar-refractivity contribution >= 4 is 23.5 Å². The number of ether oxygens (including phenoxy) is 2. The molecule has 0 bridgehead atoms. The minimum absolute atomic E-state index is 0.138. The minimum Gasteiger partial charge on any atom is -0.460 e. The van der Waals surface area contributed by atoms with E-state index in [-0.39, 0.29) is 18.1 Å². The van der Waals surface area contributed by atoms with Crippen molar-refractivity contribution in [1.29, 1.82) is 5.26 Å². The highest BCUT2D eigenvalue weighted by Gasteiger charge is 2.33. The molecule has 7 nitrogen and oxygen atoms in total. The number of nitrogens with one attached hydrogen (secondary N) is 1. The van der Waals surface area contributed by atoms with Crippen LogP contribution >= 0.6 is 0 Å². The van der Waals surface area contributed by atoms with E-state index in [4.69, 9.17) is 14.7 Å². The molecule has 1 fully saturated rings. The van der Waals surface area contributed by atoms with Gasteiger partial charge in [0.1, 0.15) is 12.5 Å². The molecule has 3 atom stereocenters. The first-order valence-electron chi connectivity index (χ1n) is 9.93. The Morgan fingerprint density at radius 3 is 2.52 bits per heavy atom. The molecule has 1 aromatic rings. The van der Waals surface area contributed by atoms with Gasteiger partial charge in [-0.25, -0.2) is 9.59 Å². The first kappa shape index (κ1) is 22.4. The zero-order chi connectivity index (χ0) is 21.4. The average Bonchev–Trinajstić information content (AvgIpc) is 2.66. The lowest BCUT2D eigenvalue weighted by Crippen LogP contribution is -2.36. The van der Waals surface area contributed by atoms with Gasteiger partial charge in [-0.1, -0.05) is 27.2 Å². The van der Waals surface area contributed by atoms with Crippen LogP contribution in [-0.4, -0.2) is 30.6 Å². The van der Waals surface area contributed by atoms with Gasteiger partial charge in [-0.3, -0.25) is 4.79 Å². The summed E-state index contributed by atoms with van der Waals surface area (Å²) in [5.41, 5.74) is 0.717. The van der Waals surface area contributed by atoms with Crippen LogP contribution in [0.4, 0.5) is 5.69 Å². The highest BCUT2D eigenvalue weighted by Crippen LogP contribution is 2.35. The van der Waals surface area contributed by atoms with E-state index >= 15 is 0 Å². The molecule has 1 aromatic carbocycles. The number of nitriles is 1. The predicted molar refractivity (Wildman–Crippen MR) is 107 cm³/mol. The topological polar surface area (TPSA) is 105 Å². The summed E-state index contributed by atoms with van der Waals surface area (Å²) in [4.78, 5) is 35.7. The van der Waals surface area contributed by atoms with E-state index in [1.807, 2.05) is 0 Å².